The van der Waals surface area contributed by atoms with Gasteiger partial charge >= 0.3 is 5.97 Å². The Bertz CT molecular complexity index is 344. The van der Waals surface area contributed by atoms with E-state index in [-0.39, 0.29) is 6.54 Å². The van der Waals surface area contributed by atoms with Crippen molar-refractivity contribution in [2.45, 2.75) is 13.5 Å². The van der Waals surface area contributed by atoms with E-state index in [1.165, 1.54) is 4.57 Å². The van der Waals surface area contributed by atoms with E-state index in [0.29, 0.717) is 12.3 Å². The molecule has 1 heterocycles. The molecule has 0 bridgehead atoms. The lowest BCUT2D eigenvalue weighted by Crippen LogP contribution is -2.21. The zero-order valence-corrected chi connectivity index (χ0v) is 7.90. The number of hydrogen-bond donors (Lipinski definition) is 1. The van der Waals surface area contributed by atoms with E-state index in [4.69, 9.17) is 10.5 Å². The average molecular weight is 196 g/mol. The summed E-state index contributed by atoms with van der Waals surface area (Å²) in [7, 11) is 0. The molecule has 14 heavy (non-hydrogen) atoms. The Morgan fingerprint density at radius 1 is 1.57 bits per heavy atom. The molecule has 0 fully saturated rings. The Hall–Kier alpha value is -1.78. The molecular weight excluding hydrogens is 184 g/mol. The highest BCUT2D eigenvalue weighted by atomic mass is 16.5. The number of ether oxygens (including phenoxy) is 1. The van der Waals surface area contributed by atoms with Crippen LogP contribution < -0.4 is 5.73 Å². The molecule has 1 aromatic rings. The molecule has 0 atom stereocenters. The smallest absolute Gasteiger partial charge is 0.354 e. The van der Waals surface area contributed by atoms with Crippen molar-refractivity contribution < 1.29 is 14.3 Å². The first-order valence-electron chi connectivity index (χ1n) is 4.25. The number of nitrogens with zero attached hydrogens (tertiary/aromatic N) is 1. The van der Waals surface area contributed by atoms with Crippen LogP contribution in [0.5, 0.6) is 0 Å². The Morgan fingerprint density at radius 2 is 2.29 bits per heavy atom. The first kappa shape index (κ1) is 10.3. The van der Waals surface area contributed by atoms with Gasteiger partial charge in [0.1, 0.15) is 12.2 Å². The predicted molar refractivity (Wildman–Crippen MR) is 49.6 cm³/mol. The fraction of sp³-hybridized carbons (Fsp3) is 0.333. The summed E-state index contributed by atoms with van der Waals surface area (Å²) in [4.78, 5) is 22.0. The van der Waals surface area contributed by atoms with E-state index >= 15 is 0 Å². The van der Waals surface area contributed by atoms with Gasteiger partial charge in [0.25, 0.3) is 0 Å². The number of carbonyl (C=O) groups is 2. The van der Waals surface area contributed by atoms with Gasteiger partial charge in [0.15, 0.2) is 0 Å². The second kappa shape index (κ2) is 4.45. The Balaban J connectivity index is 2.81. The fourth-order valence-electron chi connectivity index (χ4n) is 1.11. The highest BCUT2D eigenvalue weighted by Gasteiger charge is 2.12. The van der Waals surface area contributed by atoms with Crippen LogP contribution in [0.4, 0.5) is 0 Å². The maximum atomic E-state index is 11.3. The summed E-state index contributed by atoms with van der Waals surface area (Å²) in [6.07, 6.45) is 1.61. The van der Waals surface area contributed by atoms with Crippen LogP contribution in [0.15, 0.2) is 18.3 Å². The fourth-order valence-corrected chi connectivity index (χ4v) is 1.11. The van der Waals surface area contributed by atoms with Crippen molar-refractivity contribution in [2.24, 2.45) is 5.73 Å². The van der Waals surface area contributed by atoms with Gasteiger partial charge in [-0.05, 0) is 19.1 Å². The van der Waals surface area contributed by atoms with Gasteiger partial charge in [-0.25, -0.2) is 4.79 Å². The van der Waals surface area contributed by atoms with Crippen LogP contribution in [0, 0.1) is 0 Å². The minimum Gasteiger partial charge on any atom is -0.461 e. The van der Waals surface area contributed by atoms with Crippen molar-refractivity contribution in [3.63, 3.8) is 0 Å². The first-order valence-corrected chi connectivity index (χ1v) is 4.25. The standard InChI is InChI=1S/C9H12N2O3/c1-2-14-9(13)7-4-3-5-11(7)6-8(10)12/h3-5H,2,6H2,1H3,(H2,10,12). The van der Waals surface area contributed by atoms with Gasteiger partial charge in [-0.15, -0.1) is 0 Å². The Morgan fingerprint density at radius 3 is 2.86 bits per heavy atom. The summed E-state index contributed by atoms with van der Waals surface area (Å²) in [6.45, 7) is 2.01. The van der Waals surface area contributed by atoms with Crippen LogP contribution >= 0.6 is 0 Å². The van der Waals surface area contributed by atoms with Gasteiger partial charge in [-0.1, -0.05) is 0 Å². The topological polar surface area (TPSA) is 74.3 Å². The average Bonchev–Trinajstić information content (AvgIpc) is 2.51. The Labute approximate surface area is 81.5 Å². The molecule has 0 aliphatic carbocycles. The monoisotopic (exact) mass is 196 g/mol. The molecule has 0 radical (unpaired) electrons. The van der Waals surface area contributed by atoms with Crippen molar-refractivity contribution in [1.82, 2.24) is 4.57 Å². The maximum Gasteiger partial charge on any atom is 0.354 e. The SMILES string of the molecule is CCOC(=O)c1cccn1CC(N)=O. The van der Waals surface area contributed by atoms with Crippen LogP contribution in [-0.2, 0) is 16.1 Å². The highest BCUT2D eigenvalue weighted by molar-refractivity contribution is 5.88. The number of hydrogen-bond acceptors (Lipinski definition) is 3. The molecule has 0 saturated carbocycles. The molecular formula is C9H12N2O3. The van der Waals surface area contributed by atoms with Crippen LogP contribution in [0.25, 0.3) is 0 Å². The lowest BCUT2D eigenvalue weighted by molar-refractivity contribution is -0.118. The van der Waals surface area contributed by atoms with Crippen molar-refractivity contribution in [3.8, 4) is 0 Å². The lowest BCUT2D eigenvalue weighted by atomic mass is 10.4. The molecule has 0 aliphatic heterocycles. The van der Waals surface area contributed by atoms with E-state index in [2.05, 4.69) is 0 Å². The molecule has 0 spiro atoms. The van der Waals surface area contributed by atoms with E-state index in [9.17, 15) is 9.59 Å². The number of carbonyl (C=O) groups excluding carboxylic acids is 2. The van der Waals surface area contributed by atoms with Crippen LogP contribution in [-0.4, -0.2) is 23.1 Å². The highest BCUT2D eigenvalue weighted by Crippen LogP contribution is 2.04. The summed E-state index contributed by atoms with van der Waals surface area (Å²) in [6, 6.07) is 3.25. The van der Waals surface area contributed by atoms with Crippen LogP contribution in [0.3, 0.4) is 0 Å². The van der Waals surface area contributed by atoms with Gasteiger partial charge in [-0.3, -0.25) is 4.79 Å². The molecule has 1 aromatic heterocycles. The number of nitrogens with two attached hydrogens (primary N) is 1. The van der Waals surface area contributed by atoms with Crippen molar-refractivity contribution in [3.05, 3.63) is 24.0 Å². The first-order chi connectivity index (χ1) is 6.65. The summed E-state index contributed by atoms with van der Waals surface area (Å²) < 4.78 is 6.26. The molecule has 5 nitrogen and oxygen atoms in total. The van der Waals surface area contributed by atoms with E-state index in [1.54, 1.807) is 25.3 Å². The molecule has 0 saturated heterocycles. The molecule has 5 heteroatoms. The van der Waals surface area contributed by atoms with Gasteiger partial charge in [0, 0.05) is 6.20 Å². The number of amides is 1. The summed E-state index contributed by atoms with van der Waals surface area (Å²) in [5, 5.41) is 0. The lowest BCUT2D eigenvalue weighted by Gasteiger charge is -2.05. The van der Waals surface area contributed by atoms with E-state index in [1.807, 2.05) is 0 Å². The van der Waals surface area contributed by atoms with Gasteiger partial charge in [-0.2, -0.15) is 0 Å². The second-order valence-electron chi connectivity index (χ2n) is 2.71. The number of rotatable bonds is 4. The number of primary amides is 1. The van der Waals surface area contributed by atoms with Crippen molar-refractivity contribution in [1.29, 1.82) is 0 Å². The second-order valence-corrected chi connectivity index (χ2v) is 2.71. The predicted octanol–water partition coefficient (Wildman–Crippen LogP) is 0.150. The third-order valence-corrected chi connectivity index (χ3v) is 1.64. The molecule has 76 valence electrons. The number of aromatic nitrogens is 1. The van der Waals surface area contributed by atoms with Gasteiger partial charge in [0.2, 0.25) is 5.91 Å². The minimum absolute atomic E-state index is 0.0128. The summed E-state index contributed by atoms with van der Waals surface area (Å²) in [5.41, 5.74) is 5.35. The van der Waals surface area contributed by atoms with Crippen molar-refractivity contribution in [2.75, 3.05) is 6.61 Å². The quantitative estimate of drug-likeness (QED) is 0.696. The third-order valence-electron chi connectivity index (χ3n) is 1.64. The number of esters is 1. The Kier molecular flexibility index (Phi) is 3.28. The largest absolute Gasteiger partial charge is 0.461 e. The van der Waals surface area contributed by atoms with Gasteiger partial charge in [0.05, 0.1) is 6.61 Å². The molecule has 0 aromatic carbocycles. The minimum atomic E-state index is -0.494. The third kappa shape index (κ3) is 2.35. The molecule has 0 unspecified atom stereocenters. The zero-order chi connectivity index (χ0) is 10.6. The maximum absolute atomic E-state index is 11.3. The molecule has 1 rings (SSSR count). The van der Waals surface area contributed by atoms with E-state index in [0.717, 1.165) is 0 Å². The van der Waals surface area contributed by atoms with E-state index < -0.39 is 11.9 Å². The summed E-state index contributed by atoms with van der Waals surface area (Å²) >= 11 is 0. The van der Waals surface area contributed by atoms with Gasteiger partial charge < -0.3 is 15.0 Å². The van der Waals surface area contributed by atoms with Crippen LogP contribution in [0.2, 0.25) is 0 Å². The molecule has 0 aliphatic rings. The molecule has 2 N–H and O–H groups in total. The zero-order valence-electron chi connectivity index (χ0n) is 7.90. The summed E-state index contributed by atoms with van der Waals surface area (Å²) in [5.74, 6) is -0.939. The van der Waals surface area contributed by atoms with Crippen molar-refractivity contribution >= 4 is 11.9 Å². The molecule has 1 amide bonds. The normalized spacial score (nSPS) is 9.79. The van der Waals surface area contributed by atoms with Crippen LogP contribution in [0.1, 0.15) is 17.4 Å².